The molecule has 0 aromatic rings. The molecule has 78 valence electrons. The second kappa shape index (κ2) is 3.58. The second-order valence-corrected chi connectivity index (χ2v) is 5.47. The van der Waals surface area contributed by atoms with Gasteiger partial charge in [-0.1, -0.05) is 6.92 Å². The van der Waals surface area contributed by atoms with Crippen molar-refractivity contribution in [3.8, 4) is 0 Å². The molecular formula is C11H23NO. The SMILES string of the molecule is C[C@@H]1C[C@@H](O)[C@H](C)N(C(C)(C)C)C1. The minimum atomic E-state index is -0.150. The Morgan fingerprint density at radius 2 is 1.77 bits per heavy atom. The zero-order valence-electron chi connectivity index (χ0n) is 9.54. The van der Waals surface area contributed by atoms with E-state index in [2.05, 4.69) is 39.5 Å². The molecule has 1 N–H and O–H groups in total. The first kappa shape index (κ1) is 11.0. The molecule has 0 amide bonds. The summed E-state index contributed by atoms with van der Waals surface area (Å²) >= 11 is 0. The first-order valence-corrected chi connectivity index (χ1v) is 5.27. The fourth-order valence-electron chi connectivity index (χ4n) is 2.28. The van der Waals surface area contributed by atoms with E-state index in [1.54, 1.807) is 0 Å². The van der Waals surface area contributed by atoms with Crippen LogP contribution in [0.5, 0.6) is 0 Å². The Hall–Kier alpha value is -0.0800. The maximum Gasteiger partial charge on any atom is 0.0695 e. The average Bonchev–Trinajstić information content (AvgIpc) is 1.94. The highest BCUT2D eigenvalue weighted by atomic mass is 16.3. The zero-order chi connectivity index (χ0) is 10.2. The molecule has 2 nitrogen and oxygen atoms in total. The topological polar surface area (TPSA) is 23.5 Å². The van der Waals surface area contributed by atoms with Gasteiger partial charge >= 0.3 is 0 Å². The van der Waals surface area contributed by atoms with Gasteiger partial charge in [-0.3, -0.25) is 4.90 Å². The standard InChI is InChI=1S/C11H23NO/c1-8-6-10(13)9(2)12(7-8)11(3,4)5/h8-10,13H,6-7H2,1-5H3/t8-,9+,10-/m1/s1. The van der Waals surface area contributed by atoms with Crippen LogP contribution in [-0.2, 0) is 0 Å². The molecule has 0 aromatic carbocycles. The average molecular weight is 185 g/mol. The van der Waals surface area contributed by atoms with Crippen molar-refractivity contribution < 1.29 is 5.11 Å². The van der Waals surface area contributed by atoms with Gasteiger partial charge in [0.2, 0.25) is 0 Å². The molecule has 13 heavy (non-hydrogen) atoms. The predicted molar refractivity (Wildman–Crippen MR) is 55.7 cm³/mol. The molecule has 1 heterocycles. The van der Waals surface area contributed by atoms with Crippen LogP contribution >= 0.6 is 0 Å². The molecule has 0 radical (unpaired) electrons. The Bertz CT molecular complexity index is 173. The molecule has 0 spiro atoms. The Labute approximate surface area is 81.9 Å². The van der Waals surface area contributed by atoms with Gasteiger partial charge in [0.1, 0.15) is 0 Å². The van der Waals surface area contributed by atoms with E-state index in [0.717, 1.165) is 13.0 Å². The number of piperidine rings is 1. The quantitative estimate of drug-likeness (QED) is 0.623. The number of hydrogen-bond acceptors (Lipinski definition) is 2. The fourth-order valence-corrected chi connectivity index (χ4v) is 2.28. The van der Waals surface area contributed by atoms with Gasteiger partial charge in [0, 0.05) is 18.1 Å². The molecule has 1 aliphatic rings. The van der Waals surface area contributed by atoms with Crippen molar-refractivity contribution in [3.63, 3.8) is 0 Å². The van der Waals surface area contributed by atoms with Crippen LogP contribution in [0.3, 0.4) is 0 Å². The number of aliphatic hydroxyl groups is 1. The van der Waals surface area contributed by atoms with Crippen molar-refractivity contribution in [3.05, 3.63) is 0 Å². The van der Waals surface area contributed by atoms with E-state index < -0.39 is 0 Å². The largest absolute Gasteiger partial charge is 0.391 e. The Balaban J connectivity index is 2.72. The summed E-state index contributed by atoms with van der Waals surface area (Å²) in [7, 11) is 0. The summed E-state index contributed by atoms with van der Waals surface area (Å²) in [4.78, 5) is 2.41. The third kappa shape index (κ3) is 2.44. The summed E-state index contributed by atoms with van der Waals surface area (Å²) in [6.07, 6.45) is 0.802. The molecular weight excluding hydrogens is 162 g/mol. The second-order valence-electron chi connectivity index (χ2n) is 5.47. The molecule has 0 aliphatic carbocycles. The monoisotopic (exact) mass is 185 g/mol. The first-order chi connectivity index (χ1) is 5.82. The highest BCUT2D eigenvalue weighted by molar-refractivity contribution is 4.90. The van der Waals surface area contributed by atoms with Gasteiger partial charge < -0.3 is 5.11 Å². The summed E-state index contributed by atoms with van der Waals surface area (Å²) in [6.45, 7) is 12.1. The summed E-state index contributed by atoms with van der Waals surface area (Å²) in [5.74, 6) is 0.616. The number of nitrogens with zero attached hydrogens (tertiary/aromatic N) is 1. The molecule has 1 aliphatic heterocycles. The molecule has 2 heteroatoms. The van der Waals surface area contributed by atoms with Crippen LogP contribution in [-0.4, -0.2) is 34.2 Å². The van der Waals surface area contributed by atoms with E-state index in [1.807, 2.05) is 0 Å². The van der Waals surface area contributed by atoms with E-state index in [1.165, 1.54) is 0 Å². The van der Waals surface area contributed by atoms with Crippen LogP contribution < -0.4 is 0 Å². The van der Waals surface area contributed by atoms with Crippen LogP contribution in [0.1, 0.15) is 41.0 Å². The Morgan fingerprint density at radius 3 is 2.23 bits per heavy atom. The number of aliphatic hydroxyl groups excluding tert-OH is 1. The maximum atomic E-state index is 9.84. The highest BCUT2D eigenvalue weighted by Gasteiger charge is 2.35. The lowest BCUT2D eigenvalue weighted by Crippen LogP contribution is -2.56. The fraction of sp³-hybridized carbons (Fsp3) is 1.00. The van der Waals surface area contributed by atoms with Crippen molar-refractivity contribution in [1.82, 2.24) is 4.90 Å². The predicted octanol–water partition coefficient (Wildman–Crippen LogP) is 1.88. The van der Waals surface area contributed by atoms with Crippen LogP contribution in [0.25, 0.3) is 0 Å². The lowest BCUT2D eigenvalue weighted by molar-refractivity contribution is -0.0458. The van der Waals surface area contributed by atoms with E-state index in [4.69, 9.17) is 0 Å². The molecule has 1 fully saturated rings. The lowest BCUT2D eigenvalue weighted by atomic mass is 9.88. The van der Waals surface area contributed by atoms with Crippen LogP contribution in [0.2, 0.25) is 0 Å². The van der Waals surface area contributed by atoms with Crippen molar-refractivity contribution in [2.24, 2.45) is 5.92 Å². The van der Waals surface area contributed by atoms with Crippen molar-refractivity contribution in [2.45, 2.75) is 58.7 Å². The molecule has 1 saturated heterocycles. The third-order valence-electron chi connectivity index (χ3n) is 3.06. The van der Waals surface area contributed by atoms with Gasteiger partial charge in [-0.2, -0.15) is 0 Å². The minimum absolute atomic E-state index is 0.150. The first-order valence-electron chi connectivity index (χ1n) is 5.27. The summed E-state index contributed by atoms with van der Waals surface area (Å²) in [5.41, 5.74) is 0.176. The van der Waals surface area contributed by atoms with E-state index in [0.29, 0.717) is 12.0 Å². The summed E-state index contributed by atoms with van der Waals surface area (Å²) in [6, 6.07) is 0.302. The zero-order valence-corrected chi connectivity index (χ0v) is 9.54. The molecule has 3 atom stereocenters. The highest BCUT2D eigenvalue weighted by Crippen LogP contribution is 2.28. The maximum absolute atomic E-state index is 9.84. The summed E-state index contributed by atoms with van der Waals surface area (Å²) in [5, 5.41) is 9.84. The molecule has 0 aromatic heterocycles. The minimum Gasteiger partial charge on any atom is -0.391 e. The van der Waals surface area contributed by atoms with Gasteiger partial charge in [0.25, 0.3) is 0 Å². The van der Waals surface area contributed by atoms with E-state index >= 15 is 0 Å². The normalized spacial score (nSPS) is 37.8. The smallest absolute Gasteiger partial charge is 0.0695 e. The van der Waals surface area contributed by atoms with Crippen LogP contribution in [0.4, 0.5) is 0 Å². The van der Waals surface area contributed by atoms with Crippen LogP contribution in [0, 0.1) is 5.92 Å². The molecule has 0 saturated carbocycles. The van der Waals surface area contributed by atoms with Gasteiger partial charge in [0.15, 0.2) is 0 Å². The number of hydrogen-bond donors (Lipinski definition) is 1. The summed E-state index contributed by atoms with van der Waals surface area (Å²) < 4.78 is 0. The number of likely N-dealkylation sites (tertiary alicyclic amines) is 1. The van der Waals surface area contributed by atoms with Gasteiger partial charge in [-0.05, 0) is 40.0 Å². The molecule has 1 rings (SSSR count). The van der Waals surface area contributed by atoms with Gasteiger partial charge in [-0.15, -0.1) is 0 Å². The van der Waals surface area contributed by atoms with Crippen molar-refractivity contribution >= 4 is 0 Å². The van der Waals surface area contributed by atoms with E-state index in [9.17, 15) is 5.11 Å². The van der Waals surface area contributed by atoms with Gasteiger partial charge in [0.05, 0.1) is 6.10 Å². The molecule has 0 unspecified atom stereocenters. The van der Waals surface area contributed by atoms with Crippen molar-refractivity contribution in [2.75, 3.05) is 6.54 Å². The van der Waals surface area contributed by atoms with E-state index in [-0.39, 0.29) is 11.6 Å². The molecule has 0 bridgehead atoms. The number of rotatable bonds is 0. The van der Waals surface area contributed by atoms with Crippen molar-refractivity contribution in [1.29, 1.82) is 0 Å². The Morgan fingerprint density at radius 1 is 1.23 bits per heavy atom. The third-order valence-corrected chi connectivity index (χ3v) is 3.06. The van der Waals surface area contributed by atoms with Crippen LogP contribution in [0.15, 0.2) is 0 Å². The lowest BCUT2D eigenvalue weighted by Gasteiger charge is -2.47. The Kier molecular flexibility index (Phi) is 3.03. The van der Waals surface area contributed by atoms with Gasteiger partial charge in [-0.25, -0.2) is 0 Å².